The Kier molecular flexibility index (Phi) is 5.23. The van der Waals surface area contributed by atoms with Crippen LogP contribution in [0.15, 0.2) is 10.6 Å². The van der Waals surface area contributed by atoms with Crippen molar-refractivity contribution in [1.29, 1.82) is 0 Å². The monoisotopic (exact) mass is 269 g/mol. The van der Waals surface area contributed by atoms with Gasteiger partial charge in [-0.3, -0.25) is 14.4 Å². The second-order valence-corrected chi connectivity index (χ2v) is 4.22. The molecule has 0 fully saturated rings. The molecular weight excluding hydrogens is 254 g/mol. The summed E-state index contributed by atoms with van der Waals surface area (Å²) in [6, 6.07) is 1.38. The van der Waals surface area contributed by atoms with Crippen molar-refractivity contribution >= 4 is 17.7 Å². The molecule has 1 atom stereocenters. The first-order valence-electron chi connectivity index (χ1n) is 5.84. The Bertz CT molecular complexity index is 478. The average molecular weight is 269 g/mol. The van der Waals surface area contributed by atoms with Gasteiger partial charge in [-0.15, -0.1) is 0 Å². The molecule has 0 bridgehead atoms. The lowest BCUT2D eigenvalue weighted by molar-refractivity contribution is -0.140. The Balaban J connectivity index is 2.60. The lowest BCUT2D eigenvalue weighted by Crippen LogP contribution is -2.24. The van der Waals surface area contributed by atoms with Crippen LogP contribution in [0.5, 0.6) is 0 Å². The zero-order valence-corrected chi connectivity index (χ0v) is 10.5. The summed E-state index contributed by atoms with van der Waals surface area (Å²) in [5, 5.41) is 21.0. The molecule has 0 saturated heterocycles. The number of rotatable bonds is 8. The van der Waals surface area contributed by atoms with Gasteiger partial charge in [0.25, 0.3) is 0 Å². The largest absolute Gasteiger partial charge is 0.481 e. The van der Waals surface area contributed by atoms with Crippen LogP contribution in [0.4, 0.5) is 0 Å². The molecule has 2 N–H and O–H groups in total. The molecule has 0 spiro atoms. The molecule has 0 aromatic carbocycles. The lowest BCUT2D eigenvalue weighted by Gasteiger charge is -2.08. The van der Waals surface area contributed by atoms with Gasteiger partial charge < -0.3 is 14.7 Å². The topological polar surface area (TPSA) is 118 Å². The minimum Gasteiger partial charge on any atom is -0.481 e. The van der Waals surface area contributed by atoms with Gasteiger partial charge in [-0.25, -0.2) is 0 Å². The number of unbranched alkanes of at least 4 members (excludes halogenated alkanes) is 1. The molecule has 1 aromatic heterocycles. The molecule has 19 heavy (non-hydrogen) atoms. The van der Waals surface area contributed by atoms with E-state index in [9.17, 15) is 14.4 Å². The maximum Gasteiger partial charge on any atom is 0.314 e. The molecule has 0 radical (unpaired) electrons. The van der Waals surface area contributed by atoms with Crippen LogP contribution in [0, 0.1) is 12.8 Å². The van der Waals surface area contributed by atoms with Crippen LogP contribution >= 0.6 is 0 Å². The van der Waals surface area contributed by atoms with E-state index >= 15 is 0 Å². The van der Waals surface area contributed by atoms with Crippen LogP contribution in [0.1, 0.15) is 41.9 Å². The first kappa shape index (κ1) is 14.9. The summed E-state index contributed by atoms with van der Waals surface area (Å²) in [7, 11) is 0. The van der Waals surface area contributed by atoms with Gasteiger partial charge in [0.15, 0.2) is 11.5 Å². The van der Waals surface area contributed by atoms with Crippen molar-refractivity contribution in [3.63, 3.8) is 0 Å². The van der Waals surface area contributed by atoms with Gasteiger partial charge in [-0.2, -0.15) is 0 Å². The maximum absolute atomic E-state index is 11.9. The first-order chi connectivity index (χ1) is 8.91. The molecule has 7 nitrogen and oxygen atoms in total. The van der Waals surface area contributed by atoms with Gasteiger partial charge in [0, 0.05) is 12.5 Å². The van der Waals surface area contributed by atoms with Crippen LogP contribution in [-0.2, 0) is 9.59 Å². The molecule has 1 unspecified atom stereocenters. The van der Waals surface area contributed by atoms with Crippen molar-refractivity contribution in [3.8, 4) is 0 Å². The number of carbonyl (C=O) groups is 3. The molecule has 0 aliphatic carbocycles. The highest BCUT2D eigenvalue weighted by Gasteiger charge is 2.28. The number of carbonyl (C=O) groups excluding carboxylic acids is 1. The maximum atomic E-state index is 11.9. The Morgan fingerprint density at radius 3 is 2.47 bits per heavy atom. The normalized spacial score (nSPS) is 12.1. The molecule has 1 rings (SSSR count). The molecular formula is C12H15NO6. The number of aryl methyl sites for hydroxylation is 1. The average Bonchev–Trinajstić information content (AvgIpc) is 2.74. The van der Waals surface area contributed by atoms with Gasteiger partial charge in [0.2, 0.25) is 0 Å². The fraction of sp³-hybridized carbons (Fsp3) is 0.500. The predicted molar refractivity (Wildman–Crippen MR) is 62.8 cm³/mol. The van der Waals surface area contributed by atoms with Gasteiger partial charge in [-0.05, 0) is 19.8 Å². The summed E-state index contributed by atoms with van der Waals surface area (Å²) in [5.41, 5.74) is -0.0110. The SMILES string of the molecule is Cc1cc(C(=O)C(CCCCC(=O)O)C(=O)O)no1. The smallest absolute Gasteiger partial charge is 0.314 e. The quantitative estimate of drug-likeness (QED) is 0.417. The van der Waals surface area contributed by atoms with Crippen molar-refractivity contribution < 1.29 is 29.1 Å². The Hall–Kier alpha value is -2.18. The van der Waals surface area contributed by atoms with E-state index < -0.39 is 23.6 Å². The van der Waals surface area contributed by atoms with E-state index in [1.54, 1.807) is 6.92 Å². The van der Waals surface area contributed by atoms with Crippen LogP contribution in [0.25, 0.3) is 0 Å². The zero-order chi connectivity index (χ0) is 14.4. The highest BCUT2D eigenvalue weighted by Crippen LogP contribution is 2.16. The second-order valence-electron chi connectivity index (χ2n) is 4.22. The fourth-order valence-electron chi connectivity index (χ4n) is 1.65. The molecule has 0 aliphatic rings. The summed E-state index contributed by atoms with van der Waals surface area (Å²) in [6.07, 6.45) is 0.743. The van der Waals surface area contributed by atoms with E-state index in [4.69, 9.17) is 14.7 Å². The first-order valence-corrected chi connectivity index (χ1v) is 5.84. The van der Waals surface area contributed by atoms with Crippen molar-refractivity contribution in [1.82, 2.24) is 5.16 Å². The molecule has 104 valence electrons. The van der Waals surface area contributed by atoms with Crippen molar-refractivity contribution in [3.05, 3.63) is 17.5 Å². The van der Waals surface area contributed by atoms with E-state index in [0.29, 0.717) is 18.6 Å². The van der Waals surface area contributed by atoms with Crippen LogP contribution in [0.2, 0.25) is 0 Å². The molecule has 0 saturated carbocycles. The minimum atomic E-state index is -1.24. The van der Waals surface area contributed by atoms with Crippen LogP contribution in [0.3, 0.4) is 0 Å². The van der Waals surface area contributed by atoms with Gasteiger partial charge in [0.1, 0.15) is 11.7 Å². The summed E-state index contributed by atoms with van der Waals surface area (Å²) in [6.45, 7) is 1.60. The van der Waals surface area contributed by atoms with Crippen molar-refractivity contribution in [2.75, 3.05) is 0 Å². The van der Waals surface area contributed by atoms with Gasteiger partial charge >= 0.3 is 11.9 Å². The summed E-state index contributed by atoms with van der Waals surface area (Å²) < 4.78 is 4.73. The molecule has 0 aliphatic heterocycles. The van der Waals surface area contributed by atoms with E-state index in [1.807, 2.05) is 0 Å². The van der Waals surface area contributed by atoms with Crippen LogP contribution < -0.4 is 0 Å². The Morgan fingerprint density at radius 1 is 1.32 bits per heavy atom. The third kappa shape index (κ3) is 4.53. The summed E-state index contributed by atoms with van der Waals surface area (Å²) in [5.74, 6) is -3.57. The number of carboxylic acid groups (broad SMARTS) is 2. The number of aromatic nitrogens is 1. The number of aliphatic carboxylic acids is 2. The molecule has 7 heteroatoms. The van der Waals surface area contributed by atoms with Gasteiger partial charge in [0.05, 0.1) is 0 Å². The summed E-state index contributed by atoms with van der Waals surface area (Å²) >= 11 is 0. The second kappa shape index (κ2) is 6.67. The third-order valence-electron chi connectivity index (χ3n) is 2.63. The highest BCUT2D eigenvalue weighted by atomic mass is 16.5. The number of carboxylic acids is 2. The molecule has 0 amide bonds. The van der Waals surface area contributed by atoms with E-state index in [2.05, 4.69) is 5.16 Å². The number of Topliss-reactive ketones (excluding diaryl/α,β-unsaturated/α-hetero) is 1. The summed E-state index contributed by atoms with van der Waals surface area (Å²) in [4.78, 5) is 33.3. The van der Waals surface area contributed by atoms with Crippen molar-refractivity contribution in [2.45, 2.75) is 32.6 Å². The predicted octanol–water partition coefficient (Wildman–Crippen LogP) is 1.51. The third-order valence-corrected chi connectivity index (χ3v) is 2.63. The van der Waals surface area contributed by atoms with E-state index in [0.717, 1.165) is 0 Å². The Morgan fingerprint density at radius 2 is 2.00 bits per heavy atom. The van der Waals surface area contributed by atoms with E-state index in [1.165, 1.54) is 6.07 Å². The molecule has 1 aromatic rings. The fourth-order valence-corrected chi connectivity index (χ4v) is 1.65. The minimum absolute atomic E-state index is 0.0110. The lowest BCUT2D eigenvalue weighted by atomic mass is 9.95. The van der Waals surface area contributed by atoms with Crippen molar-refractivity contribution in [2.24, 2.45) is 5.92 Å². The van der Waals surface area contributed by atoms with E-state index in [-0.39, 0.29) is 18.5 Å². The number of hydrogen-bond donors (Lipinski definition) is 2. The number of hydrogen-bond acceptors (Lipinski definition) is 5. The zero-order valence-electron chi connectivity index (χ0n) is 10.5. The highest BCUT2D eigenvalue weighted by molar-refractivity contribution is 6.07. The van der Waals surface area contributed by atoms with Crippen LogP contribution in [-0.4, -0.2) is 33.1 Å². The van der Waals surface area contributed by atoms with Gasteiger partial charge in [-0.1, -0.05) is 11.6 Å². The number of nitrogens with zero attached hydrogens (tertiary/aromatic N) is 1. The standard InChI is InChI=1S/C12H15NO6/c1-7-6-9(13-19-7)11(16)8(12(17)18)4-2-3-5-10(14)15/h6,8H,2-5H2,1H3,(H,14,15)(H,17,18). The molecule has 1 heterocycles. The Labute approximate surface area is 109 Å². The number of ketones is 1.